The number of piperidine rings is 1. The van der Waals surface area contributed by atoms with Gasteiger partial charge in [-0.2, -0.15) is 4.31 Å². The fourth-order valence-electron chi connectivity index (χ4n) is 4.19. The maximum atomic E-state index is 13.2. The number of methoxy groups -OCH3 is 1. The Morgan fingerprint density at radius 3 is 2.35 bits per heavy atom. The molecule has 0 bridgehead atoms. The molecular formula is C22H32N2O6S. The van der Waals surface area contributed by atoms with Gasteiger partial charge in [-0.05, 0) is 57.2 Å². The molecule has 2 heterocycles. The molecule has 1 aromatic rings. The molecule has 31 heavy (non-hydrogen) atoms. The van der Waals surface area contributed by atoms with Crippen molar-refractivity contribution in [1.82, 2.24) is 9.21 Å². The molecule has 3 rings (SSSR count). The number of amides is 1. The van der Waals surface area contributed by atoms with Crippen molar-refractivity contribution in [3.05, 3.63) is 23.8 Å². The normalized spacial score (nSPS) is 20.7. The lowest BCUT2D eigenvalue weighted by atomic mass is 10.0. The number of hydrogen-bond donors (Lipinski definition) is 0. The second-order valence-electron chi connectivity index (χ2n) is 8.19. The Hall–Kier alpha value is -2.13. The van der Waals surface area contributed by atoms with E-state index in [-0.39, 0.29) is 34.8 Å². The smallest absolute Gasteiger partial charge is 0.338 e. The Bertz CT molecular complexity index is 893. The molecular weight excluding hydrogens is 420 g/mol. The van der Waals surface area contributed by atoms with Crippen LogP contribution < -0.4 is 4.74 Å². The minimum absolute atomic E-state index is 0.0534. The van der Waals surface area contributed by atoms with Crippen LogP contribution in [-0.2, 0) is 19.6 Å². The Morgan fingerprint density at radius 2 is 1.71 bits per heavy atom. The van der Waals surface area contributed by atoms with Crippen LogP contribution in [0.2, 0.25) is 0 Å². The van der Waals surface area contributed by atoms with Crippen molar-refractivity contribution in [3.8, 4) is 5.75 Å². The Balaban J connectivity index is 1.74. The molecule has 1 atom stereocenters. The summed E-state index contributed by atoms with van der Waals surface area (Å²) in [6.07, 6.45) is 6.58. The predicted octanol–water partition coefficient (Wildman–Crippen LogP) is 2.82. The van der Waals surface area contributed by atoms with Gasteiger partial charge in [0.15, 0.2) is 6.61 Å². The maximum absolute atomic E-state index is 13.2. The number of likely N-dealkylation sites (tertiary alicyclic amines) is 1. The van der Waals surface area contributed by atoms with Crippen LogP contribution >= 0.6 is 0 Å². The highest BCUT2D eigenvalue weighted by Gasteiger charge is 2.30. The summed E-state index contributed by atoms with van der Waals surface area (Å²) >= 11 is 0. The van der Waals surface area contributed by atoms with Crippen LogP contribution in [0.15, 0.2) is 23.1 Å². The van der Waals surface area contributed by atoms with Gasteiger partial charge in [-0.1, -0.05) is 12.8 Å². The SMILES string of the molecule is COc1ccc(C(=O)OCC(=O)N2CCCCC2C)cc1S(=O)(=O)N1CCCCCC1. The van der Waals surface area contributed by atoms with E-state index in [1.807, 2.05) is 6.92 Å². The largest absolute Gasteiger partial charge is 0.495 e. The Labute approximate surface area is 184 Å². The first-order valence-electron chi connectivity index (χ1n) is 11.0. The van der Waals surface area contributed by atoms with Gasteiger partial charge in [0.05, 0.1) is 12.7 Å². The third-order valence-electron chi connectivity index (χ3n) is 6.03. The summed E-state index contributed by atoms with van der Waals surface area (Å²) < 4.78 is 38.4. The maximum Gasteiger partial charge on any atom is 0.338 e. The molecule has 0 N–H and O–H groups in total. The molecule has 1 unspecified atom stereocenters. The summed E-state index contributed by atoms with van der Waals surface area (Å²) in [5, 5.41) is 0. The lowest BCUT2D eigenvalue weighted by molar-refractivity contribution is -0.137. The second-order valence-corrected chi connectivity index (χ2v) is 10.1. The highest BCUT2D eigenvalue weighted by atomic mass is 32.2. The van der Waals surface area contributed by atoms with E-state index in [2.05, 4.69) is 0 Å². The van der Waals surface area contributed by atoms with Crippen LogP contribution in [0.3, 0.4) is 0 Å². The van der Waals surface area contributed by atoms with E-state index < -0.39 is 16.0 Å². The Kier molecular flexibility index (Phi) is 7.94. The fourth-order valence-corrected chi connectivity index (χ4v) is 5.89. The first-order chi connectivity index (χ1) is 14.8. The van der Waals surface area contributed by atoms with Gasteiger partial charge >= 0.3 is 5.97 Å². The number of sulfonamides is 1. The summed E-state index contributed by atoms with van der Waals surface area (Å²) in [5.74, 6) is -0.779. The second kappa shape index (κ2) is 10.5. The highest BCUT2D eigenvalue weighted by molar-refractivity contribution is 7.89. The van der Waals surface area contributed by atoms with Gasteiger partial charge in [0.1, 0.15) is 10.6 Å². The highest BCUT2D eigenvalue weighted by Crippen LogP contribution is 2.29. The quantitative estimate of drug-likeness (QED) is 0.616. The summed E-state index contributed by atoms with van der Waals surface area (Å²) in [6.45, 7) is 3.19. The first kappa shape index (κ1) is 23.5. The fraction of sp³-hybridized carbons (Fsp3) is 0.636. The van der Waals surface area contributed by atoms with E-state index in [1.54, 1.807) is 4.90 Å². The molecule has 1 amide bonds. The minimum Gasteiger partial charge on any atom is -0.495 e. The number of esters is 1. The van der Waals surface area contributed by atoms with E-state index in [4.69, 9.17) is 9.47 Å². The van der Waals surface area contributed by atoms with Crippen molar-refractivity contribution in [2.75, 3.05) is 33.4 Å². The van der Waals surface area contributed by atoms with Crippen LogP contribution in [0, 0.1) is 0 Å². The van der Waals surface area contributed by atoms with Crippen LogP contribution in [0.5, 0.6) is 5.75 Å². The lowest BCUT2D eigenvalue weighted by Gasteiger charge is -2.33. The molecule has 172 valence electrons. The molecule has 2 fully saturated rings. The number of carbonyl (C=O) groups is 2. The van der Waals surface area contributed by atoms with Gasteiger partial charge in [-0.3, -0.25) is 4.79 Å². The molecule has 2 aliphatic rings. The number of rotatable bonds is 6. The summed E-state index contributed by atoms with van der Waals surface area (Å²) in [6, 6.07) is 4.33. The molecule has 0 saturated carbocycles. The van der Waals surface area contributed by atoms with Crippen molar-refractivity contribution in [3.63, 3.8) is 0 Å². The van der Waals surface area contributed by atoms with Gasteiger partial charge in [0, 0.05) is 25.7 Å². The lowest BCUT2D eigenvalue weighted by Crippen LogP contribution is -2.44. The molecule has 2 aliphatic heterocycles. The van der Waals surface area contributed by atoms with Crippen molar-refractivity contribution in [2.24, 2.45) is 0 Å². The number of ether oxygens (including phenoxy) is 2. The average Bonchev–Trinajstić information content (AvgIpc) is 3.07. The van der Waals surface area contributed by atoms with Crippen LogP contribution in [0.1, 0.15) is 62.2 Å². The summed E-state index contributed by atoms with van der Waals surface area (Å²) in [7, 11) is -2.42. The summed E-state index contributed by atoms with van der Waals surface area (Å²) in [4.78, 5) is 26.7. The standard InChI is InChI=1S/C22H32N2O6S/c1-17-9-5-8-14-24(17)21(25)16-30-22(26)18-10-11-19(29-2)20(15-18)31(27,28)23-12-6-3-4-7-13-23/h10-11,15,17H,3-9,12-14,16H2,1-2H3. The first-order valence-corrected chi connectivity index (χ1v) is 12.4. The number of nitrogens with zero attached hydrogens (tertiary/aromatic N) is 2. The summed E-state index contributed by atoms with van der Waals surface area (Å²) in [5.41, 5.74) is 0.0775. The van der Waals surface area contributed by atoms with Crippen molar-refractivity contribution < 1.29 is 27.5 Å². The monoisotopic (exact) mass is 452 g/mol. The third kappa shape index (κ3) is 5.57. The van der Waals surface area contributed by atoms with Crippen molar-refractivity contribution in [1.29, 1.82) is 0 Å². The van der Waals surface area contributed by atoms with Gasteiger partial charge in [-0.15, -0.1) is 0 Å². The van der Waals surface area contributed by atoms with Crippen molar-refractivity contribution >= 4 is 21.9 Å². The van der Waals surface area contributed by atoms with Crippen LogP contribution in [0.25, 0.3) is 0 Å². The molecule has 9 heteroatoms. The van der Waals surface area contributed by atoms with E-state index in [1.165, 1.54) is 29.6 Å². The zero-order valence-corrected chi connectivity index (χ0v) is 19.2. The molecule has 8 nitrogen and oxygen atoms in total. The number of benzene rings is 1. The molecule has 0 aliphatic carbocycles. The third-order valence-corrected chi connectivity index (χ3v) is 7.95. The number of carbonyl (C=O) groups excluding carboxylic acids is 2. The number of hydrogen-bond acceptors (Lipinski definition) is 6. The van der Waals surface area contributed by atoms with E-state index in [9.17, 15) is 18.0 Å². The van der Waals surface area contributed by atoms with Gasteiger partial charge in [0.2, 0.25) is 10.0 Å². The molecule has 2 saturated heterocycles. The molecule has 1 aromatic carbocycles. The van der Waals surface area contributed by atoms with Gasteiger partial charge < -0.3 is 14.4 Å². The van der Waals surface area contributed by atoms with E-state index >= 15 is 0 Å². The van der Waals surface area contributed by atoms with E-state index in [0.29, 0.717) is 19.6 Å². The molecule has 0 spiro atoms. The Morgan fingerprint density at radius 1 is 1.03 bits per heavy atom. The van der Waals surface area contributed by atoms with Crippen LogP contribution in [0.4, 0.5) is 0 Å². The predicted molar refractivity (Wildman–Crippen MR) is 116 cm³/mol. The average molecular weight is 453 g/mol. The van der Waals surface area contributed by atoms with Crippen LogP contribution in [-0.4, -0.2) is 68.9 Å². The van der Waals surface area contributed by atoms with Gasteiger partial charge in [0.25, 0.3) is 5.91 Å². The topological polar surface area (TPSA) is 93.2 Å². The zero-order valence-electron chi connectivity index (χ0n) is 18.3. The minimum atomic E-state index is -3.81. The molecule has 0 radical (unpaired) electrons. The van der Waals surface area contributed by atoms with Gasteiger partial charge in [-0.25, -0.2) is 13.2 Å². The van der Waals surface area contributed by atoms with Crippen molar-refractivity contribution in [2.45, 2.75) is 62.8 Å². The molecule has 0 aromatic heterocycles. The van der Waals surface area contributed by atoms with E-state index in [0.717, 1.165) is 44.9 Å². The zero-order chi connectivity index (χ0) is 22.4.